The van der Waals surface area contributed by atoms with Crippen molar-refractivity contribution < 1.29 is 26.0 Å². The first-order valence-electron chi connectivity index (χ1n) is 13.1. The molecular weight excluding hydrogens is 560 g/mol. The molecule has 0 unspecified atom stereocenters. The SMILES string of the molecule is O=S(=O)(Nc1cc(OCc2ccccc2)c2oc3c(c2c1)CN(S(=O)(=O)Cc1ccccc1)CC3)c1ccccc1. The maximum atomic E-state index is 13.3. The van der Waals surface area contributed by atoms with E-state index >= 15 is 0 Å². The lowest BCUT2D eigenvalue weighted by Crippen LogP contribution is -2.36. The van der Waals surface area contributed by atoms with E-state index in [9.17, 15) is 16.8 Å². The van der Waals surface area contributed by atoms with Gasteiger partial charge in [-0.3, -0.25) is 4.72 Å². The van der Waals surface area contributed by atoms with Crippen molar-refractivity contribution in [1.82, 2.24) is 4.31 Å². The van der Waals surface area contributed by atoms with Crippen molar-refractivity contribution in [1.29, 1.82) is 0 Å². The van der Waals surface area contributed by atoms with Crippen molar-refractivity contribution in [3.8, 4) is 5.75 Å². The molecule has 1 aliphatic heterocycles. The molecule has 0 spiro atoms. The van der Waals surface area contributed by atoms with Crippen molar-refractivity contribution in [3.05, 3.63) is 126 Å². The highest BCUT2D eigenvalue weighted by atomic mass is 32.2. The lowest BCUT2D eigenvalue weighted by atomic mass is 10.1. The molecule has 0 atom stereocenters. The van der Waals surface area contributed by atoms with E-state index in [0.717, 1.165) is 5.56 Å². The fraction of sp³-hybridized carbons (Fsp3) is 0.161. The van der Waals surface area contributed by atoms with Crippen LogP contribution in [0.1, 0.15) is 22.5 Å². The van der Waals surface area contributed by atoms with Crippen LogP contribution in [0.15, 0.2) is 112 Å². The number of nitrogens with one attached hydrogen (secondary N) is 1. The Kier molecular flexibility index (Phi) is 7.29. The minimum atomic E-state index is -3.88. The average Bonchev–Trinajstić information content (AvgIpc) is 3.35. The summed E-state index contributed by atoms with van der Waals surface area (Å²) < 4.78 is 69.5. The molecule has 2 heterocycles. The molecule has 0 bridgehead atoms. The van der Waals surface area contributed by atoms with Gasteiger partial charge >= 0.3 is 0 Å². The van der Waals surface area contributed by atoms with Gasteiger partial charge in [-0.1, -0.05) is 78.9 Å². The topological polar surface area (TPSA) is 106 Å². The van der Waals surface area contributed by atoms with Crippen LogP contribution in [0.25, 0.3) is 11.0 Å². The van der Waals surface area contributed by atoms with Crippen molar-refractivity contribution in [3.63, 3.8) is 0 Å². The number of hydrogen-bond donors (Lipinski definition) is 1. The number of ether oxygens (including phenoxy) is 1. The average molecular weight is 589 g/mol. The second-order valence-corrected chi connectivity index (χ2v) is 13.5. The van der Waals surface area contributed by atoms with Gasteiger partial charge in [0.05, 0.1) is 16.3 Å². The number of anilines is 1. The lowest BCUT2D eigenvalue weighted by molar-refractivity contribution is 0.303. The molecule has 6 rings (SSSR count). The molecule has 0 aliphatic carbocycles. The molecule has 10 heteroatoms. The zero-order chi connectivity index (χ0) is 28.5. The van der Waals surface area contributed by atoms with E-state index < -0.39 is 20.0 Å². The second-order valence-electron chi connectivity index (χ2n) is 9.87. The number of sulfonamides is 2. The van der Waals surface area contributed by atoms with Crippen LogP contribution in [0.2, 0.25) is 0 Å². The quantitative estimate of drug-likeness (QED) is 0.237. The van der Waals surface area contributed by atoms with E-state index in [0.29, 0.717) is 40.0 Å². The predicted octanol–water partition coefficient (Wildman–Crippen LogP) is 5.70. The Hall–Kier alpha value is -4.12. The Bertz CT molecular complexity index is 1890. The van der Waals surface area contributed by atoms with Crippen LogP contribution in [0, 0.1) is 0 Å². The molecule has 210 valence electrons. The summed E-state index contributed by atoms with van der Waals surface area (Å²) in [5.41, 5.74) is 3.09. The van der Waals surface area contributed by atoms with Gasteiger partial charge in [0.1, 0.15) is 12.4 Å². The van der Waals surface area contributed by atoms with Gasteiger partial charge in [-0.15, -0.1) is 0 Å². The Morgan fingerprint density at radius 1 is 0.805 bits per heavy atom. The second kappa shape index (κ2) is 11.0. The number of hydrogen-bond acceptors (Lipinski definition) is 6. The summed E-state index contributed by atoms with van der Waals surface area (Å²) in [5, 5.41) is 0.607. The summed E-state index contributed by atoms with van der Waals surface area (Å²) in [6.45, 7) is 0.647. The van der Waals surface area contributed by atoms with Gasteiger partial charge < -0.3 is 9.15 Å². The normalized spacial score (nSPS) is 14.0. The highest BCUT2D eigenvalue weighted by Crippen LogP contribution is 2.40. The zero-order valence-corrected chi connectivity index (χ0v) is 23.7. The Morgan fingerprint density at radius 3 is 2.12 bits per heavy atom. The van der Waals surface area contributed by atoms with E-state index in [1.807, 2.05) is 48.5 Å². The molecule has 0 saturated carbocycles. The first kappa shape index (κ1) is 27.1. The third kappa shape index (κ3) is 5.85. The van der Waals surface area contributed by atoms with E-state index in [1.165, 1.54) is 16.4 Å². The molecule has 1 aliphatic rings. The van der Waals surface area contributed by atoms with Crippen LogP contribution in [-0.2, 0) is 45.4 Å². The van der Waals surface area contributed by atoms with Gasteiger partial charge in [0, 0.05) is 36.5 Å². The van der Waals surface area contributed by atoms with E-state index in [2.05, 4.69) is 4.72 Å². The minimum Gasteiger partial charge on any atom is -0.485 e. The first-order chi connectivity index (χ1) is 19.8. The van der Waals surface area contributed by atoms with Gasteiger partial charge in [0.2, 0.25) is 10.0 Å². The summed E-state index contributed by atoms with van der Waals surface area (Å²) in [4.78, 5) is 0.124. The molecule has 1 N–H and O–H groups in total. The van der Waals surface area contributed by atoms with Crippen LogP contribution < -0.4 is 9.46 Å². The van der Waals surface area contributed by atoms with Gasteiger partial charge in [0.25, 0.3) is 10.0 Å². The lowest BCUT2D eigenvalue weighted by Gasteiger charge is -2.25. The molecule has 4 aromatic carbocycles. The predicted molar refractivity (Wildman–Crippen MR) is 157 cm³/mol. The van der Waals surface area contributed by atoms with Gasteiger partial charge in [-0.05, 0) is 29.3 Å². The fourth-order valence-electron chi connectivity index (χ4n) is 4.95. The van der Waals surface area contributed by atoms with Crippen molar-refractivity contribution >= 4 is 36.7 Å². The molecule has 1 aromatic heterocycles. The van der Waals surface area contributed by atoms with Crippen molar-refractivity contribution in [2.45, 2.75) is 30.2 Å². The number of fused-ring (bicyclic) bond motifs is 3. The van der Waals surface area contributed by atoms with E-state index in [4.69, 9.17) is 9.15 Å². The smallest absolute Gasteiger partial charge is 0.261 e. The van der Waals surface area contributed by atoms with Crippen LogP contribution in [0.4, 0.5) is 5.69 Å². The summed E-state index contributed by atoms with van der Waals surface area (Å²) in [5.74, 6) is 0.927. The number of furan rings is 1. The van der Waals surface area contributed by atoms with Gasteiger partial charge in [0.15, 0.2) is 11.3 Å². The van der Waals surface area contributed by atoms with Gasteiger partial charge in [-0.2, -0.15) is 4.31 Å². The van der Waals surface area contributed by atoms with Crippen LogP contribution >= 0.6 is 0 Å². The molecule has 0 radical (unpaired) electrons. The molecule has 41 heavy (non-hydrogen) atoms. The van der Waals surface area contributed by atoms with E-state index in [1.54, 1.807) is 42.5 Å². The maximum absolute atomic E-state index is 13.3. The third-order valence-electron chi connectivity index (χ3n) is 6.99. The molecule has 8 nitrogen and oxygen atoms in total. The maximum Gasteiger partial charge on any atom is 0.261 e. The van der Waals surface area contributed by atoms with E-state index in [-0.39, 0.29) is 36.0 Å². The molecule has 0 amide bonds. The molecule has 0 saturated heterocycles. The number of benzene rings is 4. The number of nitrogens with zero attached hydrogens (tertiary/aromatic N) is 1. The third-order valence-corrected chi connectivity index (χ3v) is 10.2. The summed E-state index contributed by atoms with van der Waals surface area (Å²) in [6.07, 6.45) is 0.390. The van der Waals surface area contributed by atoms with Crippen molar-refractivity contribution in [2.75, 3.05) is 11.3 Å². The Morgan fingerprint density at radius 2 is 1.44 bits per heavy atom. The monoisotopic (exact) mass is 588 g/mol. The first-order valence-corrected chi connectivity index (χ1v) is 16.2. The Balaban J connectivity index is 1.37. The summed E-state index contributed by atoms with van der Waals surface area (Å²) >= 11 is 0. The fourth-order valence-corrected chi connectivity index (χ4v) is 7.51. The highest BCUT2D eigenvalue weighted by molar-refractivity contribution is 7.92. The number of rotatable bonds is 9. The molecule has 5 aromatic rings. The largest absolute Gasteiger partial charge is 0.485 e. The Labute approximate surface area is 239 Å². The van der Waals surface area contributed by atoms with Crippen LogP contribution in [-0.4, -0.2) is 27.7 Å². The van der Waals surface area contributed by atoms with Crippen LogP contribution in [0.3, 0.4) is 0 Å². The molecule has 0 fully saturated rings. The summed E-state index contributed by atoms with van der Waals surface area (Å²) in [6, 6.07) is 30.0. The summed E-state index contributed by atoms with van der Waals surface area (Å²) in [7, 11) is -7.49. The van der Waals surface area contributed by atoms with Crippen molar-refractivity contribution in [2.24, 2.45) is 0 Å². The standard InChI is InChI=1S/C31H28N2O6S2/c34-40(35,22-24-12-6-2-7-13-24)33-17-16-29-28(20-33)27-18-25(32-41(36,37)26-14-8-3-9-15-26)19-30(31(27)39-29)38-21-23-10-4-1-5-11-23/h1-15,18-19,32H,16-17,20-22H2. The minimum absolute atomic E-state index is 0.105. The molecular formula is C31H28N2O6S2. The highest BCUT2D eigenvalue weighted by Gasteiger charge is 2.31. The zero-order valence-electron chi connectivity index (χ0n) is 22.1. The van der Waals surface area contributed by atoms with Gasteiger partial charge in [-0.25, -0.2) is 16.8 Å². The van der Waals surface area contributed by atoms with Crippen LogP contribution in [0.5, 0.6) is 5.75 Å².